The van der Waals surface area contributed by atoms with Crippen molar-refractivity contribution in [2.45, 2.75) is 19.8 Å². The molecule has 4 nitrogen and oxygen atoms in total. The normalized spacial score (nSPS) is 10.2. The first-order valence-corrected chi connectivity index (χ1v) is 5.23. The zero-order valence-electron chi connectivity index (χ0n) is 8.45. The fraction of sp³-hybridized carbons (Fsp3) is 0.556. The van der Waals surface area contributed by atoms with Gasteiger partial charge >= 0.3 is 0 Å². The third-order valence-electron chi connectivity index (χ3n) is 1.85. The van der Waals surface area contributed by atoms with E-state index in [1.165, 1.54) is 0 Å². The van der Waals surface area contributed by atoms with Crippen LogP contribution < -0.4 is 5.32 Å². The monoisotopic (exact) mass is 213 g/mol. The Morgan fingerprint density at radius 3 is 3.00 bits per heavy atom. The highest BCUT2D eigenvalue weighted by atomic mass is 32.1. The third-order valence-corrected chi connectivity index (χ3v) is 2.08. The number of hydrogen-bond acceptors (Lipinski definition) is 3. The van der Waals surface area contributed by atoms with Gasteiger partial charge in [0.05, 0.1) is 11.4 Å². The van der Waals surface area contributed by atoms with Gasteiger partial charge in [-0.3, -0.25) is 9.48 Å². The van der Waals surface area contributed by atoms with E-state index in [2.05, 4.69) is 23.0 Å². The van der Waals surface area contributed by atoms with Crippen molar-refractivity contribution in [2.75, 3.05) is 11.1 Å². The predicted molar refractivity (Wildman–Crippen MR) is 59.7 cm³/mol. The zero-order chi connectivity index (χ0) is 10.6. The summed E-state index contributed by atoms with van der Waals surface area (Å²) in [5, 5.41) is 7.04. The number of thiol groups is 1. The number of anilines is 1. The van der Waals surface area contributed by atoms with Crippen molar-refractivity contribution in [1.29, 1.82) is 0 Å². The Morgan fingerprint density at radius 1 is 1.71 bits per heavy atom. The summed E-state index contributed by atoms with van der Waals surface area (Å²) in [6, 6.07) is 0. The first-order valence-electron chi connectivity index (χ1n) is 4.60. The molecule has 0 aromatic carbocycles. The number of amides is 1. The van der Waals surface area contributed by atoms with Gasteiger partial charge in [-0.25, -0.2) is 0 Å². The number of nitrogens with zero attached hydrogens (tertiary/aromatic N) is 2. The predicted octanol–water partition coefficient (Wildman–Crippen LogP) is 1.24. The number of aromatic nitrogens is 2. The Morgan fingerprint density at radius 2 is 2.43 bits per heavy atom. The molecule has 0 unspecified atom stereocenters. The van der Waals surface area contributed by atoms with E-state index in [-0.39, 0.29) is 5.91 Å². The Hall–Kier alpha value is -0.970. The van der Waals surface area contributed by atoms with E-state index in [0.717, 1.165) is 17.8 Å². The minimum absolute atomic E-state index is 0.0114. The van der Waals surface area contributed by atoms with Gasteiger partial charge in [-0.05, 0) is 12.2 Å². The van der Waals surface area contributed by atoms with Crippen LogP contribution in [0.1, 0.15) is 19.0 Å². The lowest BCUT2D eigenvalue weighted by Gasteiger charge is -2.01. The minimum Gasteiger partial charge on any atom is -0.323 e. The lowest BCUT2D eigenvalue weighted by atomic mass is 10.3. The van der Waals surface area contributed by atoms with Crippen LogP contribution in [0.5, 0.6) is 0 Å². The smallest absolute Gasteiger partial charge is 0.225 e. The summed E-state index contributed by atoms with van der Waals surface area (Å²) in [6.45, 7) is 2.01. The SMILES string of the molecule is CCc1nn(C)cc1NC(=O)CCS. The summed E-state index contributed by atoms with van der Waals surface area (Å²) in [7, 11) is 1.84. The van der Waals surface area contributed by atoms with Gasteiger partial charge in [-0.15, -0.1) is 0 Å². The van der Waals surface area contributed by atoms with Crippen LogP contribution in [0.2, 0.25) is 0 Å². The maximum Gasteiger partial charge on any atom is 0.225 e. The molecule has 0 aliphatic carbocycles. The molecule has 1 N–H and O–H groups in total. The molecule has 0 aliphatic heterocycles. The van der Waals surface area contributed by atoms with E-state index in [1.54, 1.807) is 4.68 Å². The van der Waals surface area contributed by atoms with E-state index in [0.29, 0.717) is 12.2 Å². The topological polar surface area (TPSA) is 46.9 Å². The number of nitrogens with one attached hydrogen (secondary N) is 1. The fourth-order valence-electron chi connectivity index (χ4n) is 1.21. The number of aryl methyl sites for hydroxylation is 2. The van der Waals surface area contributed by atoms with Crippen LogP contribution in [0.3, 0.4) is 0 Å². The van der Waals surface area contributed by atoms with Crippen LogP contribution in [0.25, 0.3) is 0 Å². The van der Waals surface area contributed by atoms with Gasteiger partial charge in [0.25, 0.3) is 0 Å². The lowest BCUT2D eigenvalue weighted by Crippen LogP contribution is -2.12. The van der Waals surface area contributed by atoms with Gasteiger partial charge in [-0.2, -0.15) is 17.7 Å². The van der Waals surface area contributed by atoms with E-state index in [4.69, 9.17) is 0 Å². The molecule has 1 rings (SSSR count). The van der Waals surface area contributed by atoms with Crippen molar-refractivity contribution in [3.63, 3.8) is 0 Å². The molecule has 0 aliphatic rings. The van der Waals surface area contributed by atoms with Gasteiger partial charge < -0.3 is 5.32 Å². The molecule has 78 valence electrons. The van der Waals surface area contributed by atoms with Crippen LogP contribution in [-0.2, 0) is 18.3 Å². The third kappa shape index (κ3) is 2.77. The van der Waals surface area contributed by atoms with Gasteiger partial charge in [0.1, 0.15) is 0 Å². The Balaban J connectivity index is 2.70. The number of rotatable bonds is 4. The molecule has 1 amide bonds. The molecular weight excluding hydrogens is 198 g/mol. The summed E-state index contributed by atoms with van der Waals surface area (Å²) in [4.78, 5) is 11.3. The molecule has 1 aromatic rings. The van der Waals surface area contributed by atoms with E-state index in [1.807, 2.05) is 20.2 Å². The largest absolute Gasteiger partial charge is 0.323 e. The molecule has 1 aromatic heterocycles. The highest BCUT2D eigenvalue weighted by Crippen LogP contribution is 2.13. The Bertz CT molecular complexity index is 322. The average molecular weight is 213 g/mol. The van der Waals surface area contributed by atoms with E-state index < -0.39 is 0 Å². The number of carbonyl (C=O) groups is 1. The standard InChI is InChI=1S/C9H15N3OS/c1-3-7-8(6-12(2)11-7)10-9(13)4-5-14/h6,14H,3-5H2,1-2H3,(H,10,13). The van der Waals surface area contributed by atoms with Crippen molar-refractivity contribution in [3.05, 3.63) is 11.9 Å². The summed E-state index contributed by atoms with van der Waals surface area (Å²) in [6.07, 6.45) is 3.06. The van der Waals surface area contributed by atoms with Crippen LogP contribution in [0.15, 0.2) is 6.20 Å². The van der Waals surface area contributed by atoms with E-state index in [9.17, 15) is 4.79 Å². The van der Waals surface area contributed by atoms with Gasteiger partial charge in [0.2, 0.25) is 5.91 Å². The summed E-state index contributed by atoms with van der Waals surface area (Å²) >= 11 is 4.00. The molecule has 0 fully saturated rings. The van der Waals surface area contributed by atoms with Crippen LogP contribution in [-0.4, -0.2) is 21.4 Å². The quantitative estimate of drug-likeness (QED) is 0.739. The zero-order valence-corrected chi connectivity index (χ0v) is 9.34. The van der Waals surface area contributed by atoms with Gasteiger partial charge in [0.15, 0.2) is 0 Å². The second-order valence-electron chi connectivity index (χ2n) is 3.04. The maximum atomic E-state index is 11.3. The average Bonchev–Trinajstić information content (AvgIpc) is 2.46. The lowest BCUT2D eigenvalue weighted by molar-refractivity contribution is -0.115. The van der Waals surface area contributed by atoms with Crippen molar-refractivity contribution in [3.8, 4) is 0 Å². The Labute approximate surface area is 89.1 Å². The van der Waals surface area contributed by atoms with Gasteiger partial charge in [-0.1, -0.05) is 6.92 Å². The molecule has 14 heavy (non-hydrogen) atoms. The van der Waals surface area contributed by atoms with Crippen LogP contribution >= 0.6 is 12.6 Å². The molecule has 0 bridgehead atoms. The molecule has 0 saturated heterocycles. The highest BCUT2D eigenvalue weighted by molar-refractivity contribution is 7.80. The van der Waals surface area contributed by atoms with Crippen molar-refractivity contribution in [1.82, 2.24) is 9.78 Å². The summed E-state index contributed by atoms with van der Waals surface area (Å²) in [5.74, 6) is 0.552. The van der Waals surface area contributed by atoms with Crippen molar-refractivity contribution >= 4 is 24.2 Å². The molecule has 0 atom stereocenters. The van der Waals surface area contributed by atoms with Gasteiger partial charge in [0, 0.05) is 19.7 Å². The highest BCUT2D eigenvalue weighted by Gasteiger charge is 2.08. The first-order chi connectivity index (χ1) is 6.67. The molecule has 5 heteroatoms. The second kappa shape index (κ2) is 5.05. The second-order valence-corrected chi connectivity index (χ2v) is 3.49. The molecule has 0 saturated carbocycles. The molecule has 0 radical (unpaired) electrons. The fourth-order valence-corrected chi connectivity index (χ4v) is 1.42. The molecule has 1 heterocycles. The summed E-state index contributed by atoms with van der Waals surface area (Å²) < 4.78 is 1.70. The number of hydrogen-bond donors (Lipinski definition) is 2. The van der Waals surface area contributed by atoms with Crippen molar-refractivity contribution in [2.24, 2.45) is 7.05 Å². The minimum atomic E-state index is -0.0114. The van der Waals surface area contributed by atoms with Crippen molar-refractivity contribution < 1.29 is 4.79 Å². The Kier molecular flexibility index (Phi) is 4.00. The molecular formula is C9H15N3OS. The molecule has 0 spiro atoms. The van der Waals surface area contributed by atoms with Crippen LogP contribution in [0.4, 0.5) is 5.69 Å². The number of carbonyl (C=O) groups excluding carboxylic acids is 1. The summed E-state index contributed by atoms with van der Waals surface area (Å²) in [5.41, 5.74) is 1.72. The van der Waals surface area contributed by atoms with Crippen LogP contribution in [0, 0.1) is 0 Å². The van der Waals surface area contributed by atoms with E-state index >= 15 is 0 Å². The maximum absolute atomic E-state index is 11.3. The first kappa shape index (κ1) is 11.1.